The average molecular weight is 315 g/mol. The van der Waals surface area contributed by atoms with Gasteiger partial charge >= 0.3 is 0 Å². The zero-order valence-corrected chi connectivity index (χ0v) is 15.5. The van der Waals surface area contributed by atoms with Gasteiger partial charge in [-0.25, -0.2) is 0 Å². The monoisotopic (exact) mass is 314 g/mol. The van der Waals surface area contributed by atoms with Gasteiger partial charge in [0.2, 0.25) is 0 Å². The molecule has 0 aromatic carbocycles. The summed E-state index contributed by atoms with van der Waals surface area (Å²) in [4.78, 5) is 0. The normalized spacial score (nSPS) is 13.9. The second-order valence-corrected chi connectivity index (χ2v) is 6.01. The molecule has 0 spiro atoms. The molecule has 0 radical (unpaired) electrons. The highest BCUT2D eigenvalue weighted by atomic mass is 16.9. The summed E-state index contributed by atoms with van der Waals surface area (Å²) in [5.74, 6) is -0.202. The SMILES string of the molecule is CCCCC=CC(CCCCC)CCCC(OC)(OC)OC. The van der Waals surface area contributed by atoms with Crippen LogP contribution in [-0.2, 0) is 14.2 Å². The molecule has 0 aromatic heterocycles. The maximum atomic E-state index is 5.37. The van der Waals surface area contributed by atoms with Crippen molar-refractivity contribution < 1.29 is 14.2 Å². The molecule has 132 valence electrons. The molecule has 0 aliphatic carbocycles. The van der Waals surface area contributed by atoms with Crippen LogP contribution in [0.4, 0.5) is 0 Å². The van der Waals surface area contributed by atoms with Crippen LogP contribution in [0, 0.1) is 5.92 Å². The van der Waals surface area contributed by atoms with E-state index in [1.807, 2.05) is 0 Å². The molecule has 1 atom stereocenters. The quantitative estimate of drug-likeness (QED) is 0.221. The van der Waals surface area contributed by atoms with E-state index in [-0.39, 0.29) is 0 Å². The van der Waals surface area contributed by atoms with Crippen LogP contribution in [0.2, 0.25) is 0 Å². The molecule has 3 heteroatoms. The number of ether oxygens (including phenoxy) is 3. The maximum Gasteiger partial charge on any atom is 0.282 e. The van der Waals surface area contributed by atoms with Crippen molar-refractivity contribution in [3.05, 3.63) is 12.2 Å². The van der Waals surface area contributed by atoms with E-state index in [1.165, 1.54) is 51.4 Å². The Balaban J connectivity index is 4.28. The van der Waals surface area contributed by atoms with Crippen LogP contribution in [0.1, 0.15) is 78.1 Å². The summed E-state index contributed by atoms with van der Waals surface area (Å²) in [5, 5.41) is 0. The van der Waals surface area contributed by atoms with Crippen molar-refractivity contribution in [3.63, 3.8) is 0 Å². The second-order valence-electron chi connectivity index (χ2n) is 6.01. The van der Waals surface area contributed by atoms with Crippen molar-refractivity contribution in [3.8, 4) is 0 Å². The highest BCUT2D eigenvalue weighted by molar-refractivity contribution is 4.88. The molecular weight excluding hydrogens is 276 g/mol. The van der Waals surface area contributed by atoms with Gasteiger partial charge in [-0.2, -0.15) is 0 Å². The first-order chi connectivity index (χ1) is 10.7. The molecule has 0 aliphatic rings. The number of methoxy groups -OCH3 is 3. The highest BCUT2D eigenvalue weighted by Crippen LogP contribution is 2.24. The largest absolute Gasteiger partial charge is 0.331 e. The molecule has 0 rings (SSSR count). The first-order valence-electron chi connectivity index (χ1n) is 9.00. The van der Waals surface area contributed by atoms with E-state index >= 15 is 0 Å². The van der Waals surface area contributed by atoms with Crippen LogP contribution in [0.5, 0.6) is 0 Å². The number of allylic oxidation sites excluding steroid dienone is 2. The second kappa shape index (κ2) is 14.2. The van der Waals surface area contributed by atoms with Crippen molar-refractivity contribution in [1.29, 1.82) is 0 Å². The van der Waals surface area contributed by atoms with Gasteiger partial charge in [-0.05, 0) is 31.6 Å². The van der Waals surface area contributed by atoms with E-state index in [9.17, 15) is 0 Å². The van der Waals surface area contributed by atoms with E-state index in [0.717, 1.165) is 12.8 Å². The van der Waals surface area contributed by atoms with Gasteiger partial charge in [0, 0.05) is 27.8 Å². The van der Waals surface area contributed by atoms with Gasteiger partial charge in [0.1, 0.15) is 0 Å². The Labute approximate surface area is 138 Å². The predicted molar refractivity (Wildman–Crippen MR) is 93.9 cm³/mol. The molecule has 0 aliphatic heterocycles. The summed E-state index contributed by atoms with van der Waals surface area (Å²) >= 11 is 0. The number of hydrogen-bond donors (Lipinski definition) is 0. The minimum absolute atomic E-state index is 0.673. The molecule has 0 fully saturated rings. The smallest absolute Gasteiger partial charge is 0.282 e. The van der Waals surface area contributed by atoms with Gasteiger partial charge in [-0.1, -0.05) is 58.1 Å². The van der Waals surface area contributed by atoms with Gasteiger partial charge in [0.05, 0.1) is 0 Å². The first kappa shape index (κ1) is 21.6. The van der Waals surface area contributed by atoms with Crippen molar-refractivity contribution >= 4 is 0 Å². The molecule has 3 nitrogen and oxygen atoms in total. The lowest BCUT2D eigenvalue weighted by atomic mass is 9.94. The molecule has 0 N–H and O–H groups in total. The van der Waals surface area contributed by atoms with E-state index in [2.05, 4.69) is 26.0 Å². The van der Waals surface area contributed by atoms with Crippen molar-refractivity contribution in [2.45, 2.75) is 84.0 Å². The zero-order valence-electron chi connectivity index (χ0n) is 15.5. The third kappa shape index (κ3) is 9.60. The zero-order chi connectivity index (χ0) is 16.7. The molecule has 0 amide bonds. The molecule has 0 saturated carbocycles. The summed E-state index contributed by atoms with van der Waals surface area (Å²) in [6, 6.07) is 0. The van der Waals surface area contributed by atoms with E-state index in [1.54, 1.807) is 21.3 Å². The van der Waals surface area contributed by atoms with Crippen LogP contribution in [0.15, 0.2) is 12.2 Å². The van der Waals surface area contributed by atoms with Crippen molar-refractivity contribution in [1.82, 2.24) is 0 Å². The lowest BCUT2D eigenvalue weighted by Crippen LogP contribution is -2.35. The molecule has 0 bridgehead atoms. The Morgan fingerprint density at radius 2 is 1.41 bits per heavy atom. The fourth-order valence-electron chi connectivity index (χ4n) is 2.74. The van der Waals surface area contributed by atoms with Crippen molar-refractivity contribution in [2.75, 3.05) is 21.3 Å². The van der Waals surface area contributed by atoms with Gasteiger partial charge < -0.3 is 14.2 Å². The van der Waals surface area contributed by atoms with E-state index in [4.69, 9.17) is 14.2 Å². The topological polar surface area (TPSA) is 27.7 Å². The third-order valence-electron chi connectivity index (χ3n) is 4.30. The summed E-state index contributed by atoms with van der Waals surface area (Å²) in [6.07, 6.45) is 16.8. The standard InChI is InChI=1S/C19H38O3/c1-6-8-10-12-15-18(14-11-9-7-2)16-13-17-19(20-3,21-4)22-5/h12,15,18H,6-11,13-14,16-17H2,1-5H3. The van der Waals surface area contributed by atoms with Crippen LogP contribution < -0.4 is 0 Å². The Morgan fingerprint density at radius 1 is 0.818 bits per heavy atom. The van der Waals surface area contributed by atoms with Crippen LogP contribution in [0.3, 0.4) is 0 Å². The Morgan fingerprint density at radius 3 is 1.95 bits per heavy atom. The fourth-order valence-corrected chi connectivity index (χ4v) is 2.74. The molecule has 0 aromatic rings. The Kier molecular flexibility index (Phi) is 14.0. The summed E-state index contributed by atoms with van der Waals surface area (Å²) in [7, 11) is 4.91. The average Bonchev–Trinajstić information content (AvgIpc) is 2.55. The fraction of sp³-hybridized carbons (Fsp3) is 0.895. The Bertz CT molecular complexity index is 251. The van der Waals surface area contributed by atoms with Crippen molar-refractivity contribution in [2.24, 2.45) is 5.92 Å². The molecule has 0 saturated heterocycles. The first-order valence-corrected chi connectivity index (χ1v) is 9.00. The number of unbranched alkanes of at least 4 members (excludes halogenated alkanes) is 4. The summed E-state index contributed by atoms with van der Waals surface area (Å²) in [6.45, 7) is 4.50. The molecule has 1 unspecified atom stereocenters. The van der Waals surface area contributed by atoms with Crippen LogP contribution in [-0.4, -0.2) is 27.3 Å². The third-order valence-corrected chi connectivity index (χ3v) is 4.30. The van der Waals surface area contributed by atoms with Gasteiger partial charge in [0.15, 0.2) is 0 Å². The van der Waals surface area contributed by atoms with Crippen LogP contribution in [0.25, 0.3) is 0 Å². The number of hydrogen-bond acceptors (Lipinski definition) is 3. The summed E-state index contributed by atoms with van der Waals surface area (Å²) in [5.41, 5.74) is 0. The van der Waals surface area contributed by atoms with E-state index < -0.39 is 5.97 Å². The predicted octanol–water partition coefficient (Wildman–Crippen LogP) is 5.69. The molecule has 22 heavy (non-hydrogen) atoms. The Hall–Kier alpha value is -0.380. The molecular formula is C19H38O3. The van der Waals surface area contributed by atoms with Gasteiger partial charge in [-0.15, -0.1) is 0 Å². The minimum Gasteiger partial charge on any atom is -0.331 e. The lowest BCUT2D eigenvalue weighted by molar-refractivity contribution is -0.355. The minimum atomic E-state index is -0.875. The highest BCUT2D eigenvalue weighted by Gasteiger charge is 2.28. The molecule has 0 heterocycles. The van der Waals surface area contributed by atoms with E-state index in [0.29, 0.717) is 5.92 Å². The van der Waals surface area contributed by atoms with Gasteiger partial charge in [-0.3, -0.25) is 0 Å². The summed E-state index contributed by atoms with van der Waals surface area (Å²) < 4.78 is 16.1. The number of rotatable bonds is 15. The van der Waals surface area contributed by atoms with Crippen LogP contribution >= 0.6 is 0 Å². The maximum absolute atomic E-state index is 5.37. The lowest BCUT2D eigenvalue weighted by Gasteiger charge is -2.29. The van der Waals surface area contributed by atoms with Gasteiger partial charge in [0.25, 0.3) is 5.97 Å².